The number of carbonyl (C=O) groups excluding carboxylic acids is 2. The summed E-state index contributed by atoms with van der Waals surface area (Å²) >= 11 is 6.35. The quantitative estimate of drug-likeness (QED) is 0.573. The van der Waals surface area contributed by atoms with E-state index in [0.29, 0.717) is 12.0 Å². The Balaban J connectivity index is 2.35. The smallest absolute Gasteiger partial charge is 0.330 e. The maximum absolute atomic E-state index is 12.1. The van der Waals surface area contributed by atoms with Crippen LogP contribution in [-0.4, -0.2) is 45.7 Å². The lowest BCUT2D eigenvalue weighted by molar-refractivity contribution is -0.155. The zero-order valence-corrected chi connectivity index (χ0v) is 14.7. The Bertz CT molecular complexity index is 772. The molecule has 138 valence electrons. The van der Waals surface area contributed by atoms with Crippen molar-refractivity contribution in [3.05, 3.63) is 32.6 Å². The van der Waals surface area contributed by atoms with E-state index in [4.69, 9.17) is 25.8 Å². The summed E-state index contributed by atoms with van der Waals surface area (Å²) in [6, 6.07) is 0. The minimum absolute atomic E-state index is 0.189. The van der Waals surface area contributed by atoms with Crippen molar-refractivity contribution in [2.45, 2.75) is 51.0 Å². The number of aromatic nitrogens is 2. The summed E-state index contributed by atoms with van der Waals surface area (Å²) in [5, 5.41) is -0.919. The Morgan fingerprint density at radius 2 is 2.00 bits per heavy atom. The SMILES string of the molecule is CCc1cn([C@@H]2O[C@H](COC(C)=O)[C@@H](OC(C)=O)[C@H]2Cl)c(=O)[nH]c1=O. The highest BCUT2D eigenvalue weighted by molar-refractivity contribution is 6.21. The van der Waals surface area contributed by atoms with Gasteiger partial charge in [0.05, 0.1) is 0 Å². The highest BCUT2D eigenvalue weighted by Crippen LogP contribution is 2.34. The van der Waals surface area contributed by atoms with E-state index in [9.17, 15) is 19.2 Å². The van der Waals surface area contributed by atoms with Gasteiger partial charge < -0.3 is 14.2 Å². The van der Waals surface area contributed by atoms with Gasteiger partial charge in [-0.3, -0.25) is 23.9 Å². The molecule has 9 nitrogen and oxygen atoms in total. The Labute approximate surface area is 147 Å². The monoisotopic (exact) mass is 374 g/mol. The molecule has 4 atom stereocenters. The number of aryl methyl sites for hydroxylation is 1. The van der Waals surface area contributed by atoms with E-state index < -0.39 is 47.0 Å². The molecule has 0 unspecified atom stereocenters. The number of hydrogen-bond donors (Lipinski definition) is 1. The zero-order valence-electron chi connectivity index (χ0n) is 14.0. The molecule has 2 rings (SSSR count). The van der Waals surface area contributed by atoms with Gasteiger partial charge in [-0.25, -0.2) is 4.79 Å². The fourth-order valence-electron chi connectivity index (χ4n) is 2.55. The van der Waals surface area contributed by atoms with Crippen LogP contribution in [0, 0.1) is 0 Å². The van der Waals surface area contributed by atoms with Gasteiger partial charge in [-0.15, -0.1) is 11.6 Å². The van der Waals surface area contributed by atoms with Gasteiger partial charge in [0, 0.05) is 25.6 Å². The summed E-state index contributed by atoms with van der Waals surface area (Å²) in [4.78, 5) is 48.4. The number of ether oxygens (including phenoxy) is 3. The average Bonchev–Trinajstić information content (AvgIpc) is 2.82. The Hall–Kier alpha value is -2.13. The fourth-order valence-corrected chi connectivity index (χ4v) is 2.95. The first-order chi connectivity index (χ1) is 11.7. The molecule has 1 fully saturated rings. The van der Waals surface area contributed by atoms with Crippen molar-refractivity contribution in [2.24, 2.45) is 0 Å². The van der Waals surface area contributed by atoms with Crippen LogP contribution in [0.3, 0.4) is 0 Å². The lowest BCUT2D eigenvalue weighted by Crippen LogP contribution is -2.38. The van der Waals surface area contributed by atoms with Gasteiger partial charge in [0.15, 0.2) is 12.3 Å². The topological polar surface area (TPSA) is 117 Å². The molecule has 0 aromatic carbocycles. The fraction of sp³-hybridized carbons (Fsp3) is 0.600. The van der Waals surface area contributed by atoms with Gasteiger partial charge in [-0.05, 0) is 6.42 Å². The summed E-state index contributed by atoms with van der Waals surface area (Å²) in [6.45, 7) is 4.01. The molecule has 0 bridgehead atoms. The Morgan fingerprint density at radius 3 is 2.56 bits per heavy atom. The van der Waals surface area contributed by atoms with Crippen LogP contribution in [0.4, 0.5) is 0 Å². The van der Waals surface area contributed by atoms with E-state index in [0.717, 1.165) is 4.57 Å². The first-order valence-corrected chi connectivity index (χ1v) is 8.12. The number of aromatic amines is 1. The van der Waals surface area contributed by atoms with E-state index in [1.54, 1.807) is 6.92 Å². The normalized spacial score (nSPS) is 25.6. The molecule has 25 heavy (non-hydrogen) atoms. The number of carbonyl (C=O) groups is 2. The molecule has 1 N–H and O–H groups in total. The molecule has 1 aromatic rings. The summed E-state index contributed by atoms with van der Waals surface area (Å²) in [5.74, 6) is -1.12. The summed E-state index contributed by atoms with van der Waals surface area (Å²) in [6.07, 6.45) is -1.00. The van der Waals surface area contributed by atoms with E-state index in [2.05, 4.69) is 4.98 Å². The Morgan fingerprint density at radius 1 is 1.32 bits per heavy atom. The highest BCUT2D eigenvalue weighted by Gasteiger charge is 2.47. The van der Waals surface area contributed by atoms with Gasteiger partial charge in [0.1, 0.15) is 18.1 Å². The van der Waals surface area contributed by atoms with Crippen molar-refractivity contribution in [3.8, 4) is 0 Å². The van der Waals surface area contributed by atoms with Crippen LogP contribution in [-0.2, 0) is 30.2 Å². The second kappa shape index (κ2) is 7.83. The molecule has 1 aromatic heterocycles. The zero-order chi connectivity index (χ0) is 18.7. The predicted octanol–water partition coefficient (Wildman–Crippen LogP) is 0.0986. The number of nitrogens with zero attached hydrogens (tertiary/aromatic N) is 1. The second-order valence-electron chi connectivity index (χ2n) is 5.56. The molecule has 2 heterocycles. The van der Waals surface area contributed by atoms with E-state index in [1.807, 2.05) is 0 Å². The van der Waals surface area contributed by atoms with Gasteiger partial charge in [0.2, 0.25) is 0 Å². The van der Waals surface area contributed by atoms with Crippen molar-refractivity contribution in [1.82, 2.24) is 9.55 Å². The number of rotatable bonds is 5. The molecule has 1 saturated heterocycles. The third kappa shape index (κ3) is 4.29. The van der Waals surface area contributed by atoms with Crippen molar-refractivity contribution >= 4 is 23.5 Å². The molecular weight excluding hydrogens is 356 g/mol. The maximum atomic E-state index is 12.1. The summed E-state index contributed by atoms with van der Waals surface area (Å²) in [5.41, 5.74) is -0.812. The van der Waals surface area contributed by atoms with Crippen LogP contribution in [0.2, 0.25) is 0 Å². The minimum Gasteiger partial charge on any atom is -0.463 e. The molecular formula is C15H19ClN2O7. The lowest BCUT2D eigenvalue weighted by Gasteiger charge is -2.19. The number of esters is 2. The largest absolute Gasteiger partial charge is 0.463 e. The highest BCUT2D eigenvalue weighted by atomic mass is 35.5. The van der Waals surface area contributed by atoms with Crippen LogP contribution in [0.15, 0.2) is 15.8 Å². The van der Waals surface area contributed by atoms with Crippen LogP contribution in [0.5, 0.6) is 0 Å². The van der Waals surface area contributed by atoms with Crippen molar-refractivity contribution in [1.29, 1.82) is 0 Å². The first-order valence-electron chi connectivity index (χ1n) is 7.69. The van der Waals surface area contributed by atoms with Crippen LogP contribution >= 0.6 is 11.6 Å². The van der Waals surface area contributed by atoms with E-state index in [1.165, 1.54) is 20.0 Å². The molecule has 1 aliphatic heterocycles. The molecule has 1 aliphatic rings. The molecule has 0 radical (unpaired) electrons. The van der Waals surface area contributed by atoms with Crippen LogP contribution in [0.1, 0.15) is 32.6 Å². The van der Waals surface area contributed by atoms with Crippen LogP contribution in [0.25, 0.3) is 0 Å². The average molecular weight is 375 g/mol. The van der Waals surface area contributed by atoms with Gasteiger partial charge in [0.25, 0.3) is 5.56 Å². The number of H-pyrrole nitrogens is 1. The summed E-state index contributed by atoms with van der Waals surface area (Å²) < 4.78 is 16.9. The predicted molar refractivity (Wildman–Crippen MR) is 86.4 cm³/mol. The van der Waals surface area contributed by atoms with Gasteiger partial charge in [-0.2, -0.15) is 0 Å². The number of hydrogen-bond acceptors (Lipinski definition) is 7. The molecule has 0 amide bonds. The summed E-state index contributed by atoms with van der Waals surface area (Å²) in [7, 11) is 0. The molecule has 0 saturated carbocycles. The third-order valence-corrected chi connectivity index (χ3v) is 4.18. The first kappa shape index (κ1) is 19.2. The van der Waals surface area contributed by atoms with Crippen molar-refractivity contribution < 1.29 is 23.8 Å². The molecule has 10 heteroatoms. The van der Waals surface area contributed by atoms with E-state index >= 15 is 0 Å². The maximum Gasteiger partial charge on any atom is 0.330 e. The van der Waals surface area contributed by atoms with Crippen molar-refractivity contribution in [2.75, 3.05) is 6.61 Å². The molecule has 0 aliphatic carbocycles. The van der Waals surface area contributed by atoms with Crippen molar-refractivity contribution in [3.63, 3.8) is 0 Å². The Kier molecular flexibility index (Phi) is 6.02. The number of halogens is 1. The second-order valence-corrected chi connectivity index (χ2v) is 6.06. The standard InChI is InChI=1S/C15H19ClN2O7/c1-4-9-5-18(15(22)17-13(9)21)14-11(16)12(24-8(3)20)10(25-14)6-23-7(2)19/h5,10-12,14H,4,6H2,1-3H3,(H,17,21,22)/t10-,11-,12-,14-/m1/s1. The molecule has 0 spiro atoms. The number of nitrogens with one attached hydrogen (secondary N) is 1. The number of alkyl halides is 1. The van der Waals surface area contributed by atoms with E-state index in [-0.39, 0.29) is 6.61 Å². The lowest BCUT2D eigenvalue weighted by atomic mass is 10.1. The minimum atomic E-state index is -0.999. The van der Waals surface area contributed by atoms with Gasteiger partial charge in [-0.1, -0.05) is 6.92 Å². The van der Waals surface area contributed by atoms with Crippen LogP contribution < -0.4 is 11.2 Å². The third-order valence-electron chi connectivity index (χ3n) is 3.72. The van der Waals surface area contributed by atoms with Gasteiger partial charge >= 0.3 is 17.6 Å².